The number of halogens is 3. The maximum atomic E-state index is 13.0. The molecule has 3 heterocycles. The molecule has 11 heteroatoms. The molecule has 2 unspecified atom stereocenters. The van der Waals surface area contributed by atoms with Crippen LogP contribution in [-0.4, -0.2) is 38.8 Å². The van der Waals surface area contributed by atoms with Gasteiger partial charge in [0.1, 0.15) is 5.69 Å². The van der Waals surface area contributed by atoms with Crippen molar-refractivity contribution in [2.45, 2.75) is 43.8 Å². The summed E-state index contributed by atoms with van der Waals surface area (Å²) in [7, 11) is -3.61. The van der Waals surface area contributed by atoms with E-state index in [9.17, 15) is 31.5 Å². The predicted molar refractivity (Wildman–Crippen MR) is 93.9 cm³/mol. The van der Waals surface area contributed by atoms with Gasteiger partial charge in [-0.1, -0.05) is 6.07 Å². The second-order valence-corrected chi connectivity index (χ2v) is 9.76. The van der Waals surface area contributed by atoms with Gasteiger partial charge >= 0.3 is 11.9 Å². The van der Waals surface area contributed by atoms with Crippen molar-refractivity contribution in [3.8, 4) is 11.6 Å². The van der Waals surface area contributed by atoms with Gasteiger partial charge in [0.2, 0.25) is 15.9 Å². The zero-order valence-electron chi connectivity index (χ0n) is 15.0. The van der Waals surface area contributed by atoms with Gasteiger partial charge in [0.25, 0.3) is 0 Å². The minimum atomic E-state index is -4.60. The summed E-state index contributed by atoms with van der Waals surface area (Å²) in [6.07, 6.45) is -4.24. The Morgan fingerprint density at radius 3 is 2.54 bits per heavy atom. The molecule has 1 N–H and O–H groups in total. The number of imidazole rings is 1. The molecule has 0 amide bonds. The molecule has 28 heavy (non-hydrogen) atoms. The molecule has 2 atom stereocenters. The van der Waals surface area contributed by atoms with Crippen molar-refractivity contribution in [1.82, 2.24) is 13.4 Å². The Hall–Kier alpha value is -2.27. The van der Waals surface area contributed by atoms with Crippen LogP contribution in [-0.2, 0) is 16.2 Å². The number of hydrogen-bond acceptors (Lipinski definition) is 4. The summed E-state index contributed by atoms with van der Waals surface area (Å²) in [4.78, 5) is 12.8. The fourth-order valence-electron chi connectivity index (χ4n) is 4.01. The van der Waals surface area contributed by atoms with Crippen LogP contribution in [0.5, 0.6) is 5.88 Å². The highest BCUT2D eigenvalue weighted by Crippen LogP contribution is 2.50. The van der Waals surface area contributed by atoms with Crippen molar-refractivity contribution >= 4 is 10.0 Å². The average Bonchev–Trinajstić information content (AvgIpc) is 3.26. The van der Waals surface area contributed by atoms with Crippen LogP contribution >= 0.6 is 0 Å². The Morgan fingerprint density at radius 1 is 1.25 bits per heavy atom. The molecule has 7 nitrogen and oxygen atoms in total. The van der Waals surface area contributed by atoms with E-state index in [1.54, 1.807) is 13.8 Å². The van der Waals surface area contributed by atoms with Crippen molar-refractivity contribution in [2.24, 2.45) is 0 Å². The highest BCUT2D eigenvalue weighted by Gasteiger charge is 2.52. The normalized spacial score (nSPS) is 22.2. The minimum absolute atomic E-state index is 0.101. The molecule has 4 rings (SSSR count). The lowest BCUT2D eigenvalue weighted by Crippen LogP contribution is -2.40. The average molecular weight is 417 g/mol. The monoisotopic (exact) mass is 417 g/mol. The highest BCUT2D eigenvalue weighted by molar-refractivity contribution is 7.89. The van der Waals surface area contributed by atoms with Crippen LogP contribution in [0.2, 0.25) is 0 Å². The van der Waals surface area contributed by atoms with E-state index in [2.05, 4.69) is 0 Å². The molecule has 1 saturated heterocycles. The van der Waals surface area contributed by atoms with Crippen LogP contribution < -0.4 is 5.69 Å². The Morgan fingerprint density at radius 2 is 1.93 bits per heavy atom. The SMILES string of the molecule is CC(C)S(=O)(=O)N1CC2CC1c1c(O)n(-c3cccc(C(F)(F)F)c3)c(=O)n12. The molecule has 0 saturated carbocycles. The zero-order valence-corrected chi connectivity index (χ0v) is 15.8. The van der Waals surface area contributed by atoms with E-state index in [0.717, 1.165) is 22.8 Å². The molecule has 1 aromatic carbocycles. The summed E-state index contributed by atoms with van der Waals surface area (Å²) < 4.78 is 67.6. The van der Waals surface area contributed by atoms with E-state index in [1.165, 1.54) is 14.9 Å². The fourth-order valence-corrected chi connectivity index (χ4v) is 5.47. The van der Waals surface area contributed by atoms with Crippen molar-refractivity contribution in [3.05, 3.63) is 46.0 Å². The first-order valence-electron chi connectivity index (χ1n) is 8.69. The number of hydrogen-bond donors (Lipinski definition) is 1. The summed E-state index contributed by atoms with van der Waals surface area (Å²) in [6.45, 7) is 3.19. The van der Waals surface area contributed by atoms with E-state index in [4.69, 9.17) is 0 Å². The molecule has 2 aromatic rings. The van der Waals surface area contributed by atoms with Gasteiger partial charge in [-0.3, -0.25) is 4.57 Å². The second kappa shape index (κ2) is 5.86. The Labute approximate surface area is 158 Å². The van der Waals surface area contributed by atoms with Gasteiger partial charge < -0.3 is 5.11 Å². The number of aromatic nitrogens is 2. The summed E-state index contributed by atoms with van der Waals surface area (Å²) in [5.74, 6) is -0.527. The smallest absolute Gasteiger partial charge is 0.416 e. The van der Waals surface area contributed by atoms with Crippen molar-refractivity contribution < 1.29 is 26.7 Å². The number of rotatable bonds is 3. The first kappa shape index (κ1) is 19.1. The van der Waals surface area contributed by atoms with Gasteiger partial charge in [0, 0.05) is 6.54 Å². The maximum absolute atomic E-state index is 13.0. The van der Waals surface area contributed by atoms with E-state index in [-0.39, 0.29) is 17.9 Å². The summed E-state index contributed by atoms with van der Waals surface area (Å²) in [6, 6.07) is 2.92. The topological polar surface area (TPSA) is 84.5 Å². The van der Waals surface area contributed by atoms with Gasteiger partial charge in [-0.05, 0) is 38.5 Å². The lowest BCUT2D eigenvalue weighted by molar-refractivity contribution is -0.137. The minimum Gasteiger partial charge on any atom is -0.493 e. The van der Waals surface area contributed by atoms with Gasteiger partial charge in [0.15, 0.2) is 0 Å². The van der Waals surface area contributed by atoms with Crippen LogP contribution in [0.1, 0.15) is 43.6 Å². The van der Waals surface area contributed by atoms with E-state index in [1.807, 2.05) is 0 Å². The van der Waals surface area contributed by atoms with Crippen molar-refractivity contribution in [3.63, 3.8) is 0 Å². The van der Waals surface area contributed by atoms with Crippen molar-refractivity contribution in [2.75, 3.05) is 6.54 Å². The molecule has 0 aliphatic carbocycles. The molecule has 1 aromatic heterocycles. The summed E-state index contributed by atoms with van der Waals surface area (Å²) in [5, 5.41) is 9.99. The quantitative estimate of drug-likeness (QED) is 0.831. The molecular formula is C17H18F3N3O4S. The van der Waals surface area contributed by atoms with Crippen LogP contribution in [0.25, 0.3) is 5.69 Å². The highest BCUT2D eigenvalue weighted by atomic mass is 32.2. The molecule has 0 radical (unpaired) electrons. The van der Waals surface area contributed by atoms with E-state index in [0.29, 0.717) is 6.42 Å². The Balaban J connectivity index is 1.85. The van der Waals surface area contributed by atoms with E-state index >= 15 is 0 Å². The first-order valence-corrected chi connectivity index (χ1v) is 10.2. The number of nitrogens with zero attached hydrogens (tertiary/aromatic N) is 3. The van der Waals surface area contributed by atoms with Gasteiger partial charge in [-0.15, -0.1) is 0 Å². The fraction of sp³-hybridized carbons (Fsp3) is 0.471. The number of sulfonamides is 1. The van der Waals surface area contributed by atoms with Crippen molar-refractivity contribution in [1.29, 1.82) is 0 Å². The lowest BCUT2D eigenvalue weighted by Gasteiger charge is -2.28. The number of aromatic hydroxyl groups is 1. The van der Waals surface area contributed by atoms with Crippen LogP contribution in [0.15, 0.2) is 29.1 Å². The summed E-state index contributed by atoms with van der Waals surface area (Å²) in [5.41, 5.74) is -1.63. The second-order valence-electron chi connectivity index (χ2n) is 7.31. The largest absolute Gasteiger partial charge is 0.493 e. The molecule has 1 fully saturated rings. The Kier molecular flexibility index (Phi) is 3.99. The number of alkyl halides is 3. The third kappa shape index (κ3) is 2.52. The molecular weight excluding hydrogens is 399 g/mol. The molecule has 0 spiro atoms. The number of benzene rings is 1. The zero-order chi connectivity index (χ0) is 20.6. The first-order chi connectivity index (χ1) is 12.9. The predicted octanol–water partition coefficient (Wildman–Crippen LogP) is 2.40. The molecule has 152 valence electrons. The van der Waals surface area contributed by atoms with Crippen LogP contribution in [0.4, 0.5) is 13.2 Å². The number of fused-ring (bicyclic) bond motifs is 5. The lowest BCUT2D eigenvalue weighted by atomic mass is 10.2. The standard InChI is InChI=1S/C17H18F3N3O4S/c1-9(2)28(26,27)21-8-12-7-13(21)14-15(24)23(16(25)22(12)14)11-5-3-4-10(6-11)17(18,19)20/h3-6,9,12-13,24H,7-8H2,1-2H3. The third-order valence-electron chi connectivity index (χ3n) is 5.37. The molecule has 2 bridgehead atoms. The van der Waals surface area contributed by atoms with Gasteiger partial charge in [-0.25, -0.2) is 17.8 Å². The molecule has 2 aliphatic rings. The summed E-state index contributed by atoms with van der Waals surface area (Å²) >= 11 is 0. The Bertz CT molecular complexity index is 1120. The van der Waals surface area contributed by atoms with Crippen LogP contribution in [0.3, 0.4) is 0 Å². The van der Waals surface area contributed by atoms with Gasteiger partial charge in [-0.2, -0.15) is 17.5 Å². The van der Waals surface area contributed by atoms with E-state index < -0.39 is 50.7 Å². The van der Waals surface area contributed by atoms with Gasteiger partial charge in [0.05, 0.1) is 28.6 Å². The molecule has 2 aliphatic heterocycles. The third-order valence-corrected chi connectivity index (χ3v) is 7.62. The maximum Gasteiger partial charge on any atom is 0.416 e. The van der Waals surface area contributed by atoms with Crippen LogP contribution in [0, 0.1) is 0 Å².